The summed E-state index contributed by atoms with van der Waals surface area (Å²) < 4.78 is 18.6. The fourth-order valence-electron chi connectivity index (χ4n) is 3.35. The molecule has 0 fully saturated rings. The summed E-state index contributed by atoms with van der Waals surface area (Å²) in [5.41, 5.74) is 3.20. The third-order valence-corrected chi connectivity index (χ3v) is 4.74. The Morgan fingerprint density at radius 2 is 1.93 bits per heavy atom. The normalized spacial score (nSPS) is 15.7. The summed E-state index contributed by atoms with van der Waals surface area (Å²) in [6.07, 6.45) is 4.80. The van der Waals surface area contributed by atoms with Gasteiger partial charge in [-0.15, -0.1) is 0 Å². The minimum Gasteiger partial charge on any atom is -0.494 e. The highest BCUT2D eigenvalue weighted by Gasteiger charge is 2.22. The van der Waals surface area contributed by atoms with Crippen LogP contribution in [0.3, 0.4) is 0 Å². The summed E-state index contributed by atoms with van der Waals surface area (Å²) >= 11 is 0. The fourth-order valence-corrected chi connectivity index (χ4v) is 3.35. The van der Waals surface area contributed by atoms with E-state index in [4.69, 9.17) is 14.2 Å². The van der Waals surface area contributed by atoms with E-state index >= 15 is 0 Å². The van der Waals surface area contributed by atoms with E-state index in [9.17, 15) is 0 Å². The van der Waals surface area contributed by atoms with Crippen LogP contribution in [0.4, 0.5) is 0 Å². The second-order valence-electron chi connectivity index (χ2n) is 6.51. The van der Waals surface area contributed by atoms with E-state index in [0.29, 0.717) is 6.61 Å². The van der Waals surface area contributed by atoms with Crippen LogP contribution in [0.15, 0.2) is 54.9 Å². The first-order chi connectivity index (χ1) is 13.3. The van der Waals surface area contributed by atoms with Crippen LogP contribution < -0.4 is 19.5 Å². The zero-order valence-electron chi connectivity index (χ0n) is 15.5. The largest absolute Gasteiger partial charge is 0.494 e. The Bertz CT molecular complexity index is 923. The Labute approximate surface area is 158 Å². The number of para-hydroxylation sites is 3. The maximum absolute atomic E-state index is 5.93. The van der Waals surface area contributed by atoms with E-state index in [1.54, 1.807) is 14.2 Å². The monoisotopic (exact) mass is 365 g/mol. The number of hydrogen-bond acceptors (Lipinski definition) is 5. The molecule has 1 atom stereocenters. The SMILES string of the molecule is COc1ccccc1-n1cc(CN[C@H]2COc3c(cccc3OC)C2)cn1. The lowest BCUT2D eigenvalue weighted by atomic mass is 10.0. The minimum atomic E-state index is 0.249. The summed E-state index contributed by atoms with van der Waals surface area (Å²) in [7, 11) is 3.34. The van der Waals surface area contributed by atoms with Crippen LogP contribution in [0.25, 0.3) is 5.69 Å². The van der Waals surface area contributed by atoms with Gasteiger partial charge in [0.15, 0.2) is 11.5 Å². The first kappa shape index (κ1) is 17.4. The molecule has 1 aromatic heterocycles. The summed E-state index contributed by atoms with van der Waals surface area (Å²) in [5.74, 6) is 2.46. The Hall–Kier alpha value is -2.99. The molecule has 4 rings (SSSR count). The van der Waals surface area contributed by atoms with E-state index < -0.39 is 0 Å². The van der Waals surface area contributed by atoms with E-state index in [1.165, 1.54) is 5.56 Å². The van der Waals surface area contributed by atoms with Gasteiger partial charge < -0.3 is 19.5 Å². The summed E-state index contributed by atoms with van der Waals surface area (Å²) in [6.45, 7) is 1.34. The van der Waals surface area contributed by atoms with Crippen molar-refractivity contribution in [3.8, 4) is 22.9 Å². The summed E-state index contributed by atoms with van der Waals surface area (Å²) in [6, 6.07) is 14.1. The average molecular weight is 365 g/mol. The molecular weight excluding hydrogens is 342 g/mol. The first-order valence-corrected chi connectivity index (χ1v) is 8.97. The van der Waals surface area contributed by atoms with E-state index in [2.05, 4.69) is 16.5 Å². The number of hydrogen-bond donors (Lipinski definition) is 1. The van der Waals surface area contributed by atoms with Crippen molar-refractivity contribution in [1.82, 2.24) is 15.1 Å². The second-order valence-corrected chi connectivity index (χ2v) is 6.51. The van der Waals surface area contributed by atoms with Gasteiger partial charge >= 0.3 is 0 Å². The van der Waals surface area contributed by atoms with Gasteiger partial charge in [0, 0.05) is 24.3 Å². The molecule has 0 saturated carbocycles. The molecule has 0 spiro atoms. The Kier molecular flexibility index (Phi) is 4.98. The van der Waals surface area contributed by atoms with Crippen molar-refractivity contribution in [2.24, 2.45) is 0 Å². The quantitative estimate of drug-likeness (QED) is 0.728. The van der Waals surface area contributed by atoms with Gasteiger partial charge in [-0.3, -0.25) is 0 Å². The van der Waals surface area contributed by atoms with Gasteiger partial charge in [-0.1, -0.05) is 24.3 Å². The molecule has 27 heavy (non-hydrogen) atoms. The van der Waals surface area contributed by atoms with Crippen LogP contribution in [0, 0.1) is 0 Å². The molecule has 0 saturated heterocycles. The first-order valence-electron chi connectivity index (χ1n) is 8.97. The summed E-state index contributed by atoms with van der Waals surface area (Å²) in [5, 5.41) is 8.03. The van der Waals surface area contributed by atoms with Gasteiger partial charge in [0.25, 0.3) is 0 Å². The van der Waals surface area contributed by atoms with Gasteiger partial charge in [0.1, 0.15) is 18.0 Å². The maximum atomic E-state index is 5.93. The molecule has 1 N–H and O–H groups in total. The number of ether oxygens (including phenoxy) is 3. The maximum Gasteiger partial charge on any atom is 0.164 e. The molecular formula is C21H23N3O3. The van der Waals surface area contributed by atoms with Gasteiger partial charge in [0.2, 0.25) is 0 Å². The zero-order valence-corrected chi connectivity index (χ0v) is 15.5. The third-order valence-electron chi connectivity index (χ3n) is 4.74. The average Bonchev–Trinajstić information content (AvgIpc) is 3.20. The van der Waals surface area contributed by atoms with Crippen LogP contribution in [-0.2, 0) is 13.0 Å². The topological polar surface area (TPSA) is 57.5 Å². The predicted molar refractivity (Wildman–Crippen MR) is 103 cm³/mol. The number of fused-ring (bicyclic) bond motifs is 1. The third kappa shape index (κ3) is 3.61. The molecule has 6 nitrogen and oxygen atoms in total. The van der Waals surface area contributed by atoms with Crippen molar-refractivity contribution in [1.29, 1.82) is 0 Å². The van der Waals surface area contributed by atoms with Crippen LogP contribution >= 0.6 is 0 Å². The van der Waals surface area contributed by atoms with Crippen LogP contribution in [-0.4, -0.2) is 36.6 Å². The van der Waals surface area contributed by atoms with Crippen LogP contribution in [0.2, 0.25) is 0 Å². The number of methoxy groups -OCH3 is 2. The number of aromatic nitrogens is 2. The molecule has 6 heteroatoms. The number of benzene rings is 2. The standard InChI is InChI=1S/C21H23N3O3/c1-25-19-8-4-3-7-18(19)24-13-15(12-23-24)11-22-17-10-16-6-5-9-20(26-2)21(16)27-14-17/h3-9,12-13,17,22H,10-11,14H2,1-2H3/t17-/m1/s1. The van der Waals surface area contributed by atoms with Crippen molar-refractivity contribution >= 4 is 0 Å². The molecule has 0 bridgehead atoms. The molecule has 140 valence electrons. The molecule has 2 aromatic carbocycles. The minimum absolute atomic E-state index is 0.249. The fraction of sp³-hybridized carbons (Fsp3) is 0.286. The summed E-state index contributed by atoms with van der Waals surface area (Å²) in [4.78, 5) is 0. The van der Waals surface area contributed by atoms with Crippen molar-refractivity contribution in [3.63, 3.8) is 0 Å². The van der Waals surface area contributed by atoms with Crippen LogP contribution in [0.5, 0.6) is 17.2 Å². The second kappa shape index (κ2) is 7.72. The molecule has 3 aromatic rings. The zero-order chi connectivity index (χ0) is 18.6. The molecule has 0 amide bonds. The van der Waals surface area contributed by atoms with Gasteiger partial charge in [-0.05, 0) is 30.2 Å². The Morgan fingerprint density at radius 1 is 1.11 bits per heavy atom. The Morgan fingerprint density at radius 3 is 2.78 bits per heavy atom. The molecule has 1 aliphatic heterocycles. The van der Waals surface area contributed by atoms with Gasteiger partial charge in [0.05, 0.1) is 20.4 Å². The van der Waals surface area contributed by atoms with Crippen molar-refractivity contribution in [2.45, 2.75) is 19.0 Å². The number of rotatable bonds is 6. The van der Waals surface area contributed by atoms with Gasteiger partial charge in [-0.2, -0.15) is 5.10 Å². The van der Waals surface area contributed by atoms with E-state index in [0.717, 1.165) is 41.5 Å². The lowest BCUT2D eigenvalue weighted by Gasteiger charge is -2.27. The highest BCUT2D eigenvalue weighted by molar-refractivity contribution is 5.48. The van der Waals surface area contributed by atoms with Crippen LogP contribution in [0.1, 0.15) is 11.1 Å². The Balaban J connectivity index is 1.41. The highest BCUT2D eigenvalue weighted by Crippen LogP contribution is 2.34. The molecule has 1 aliphatic rings. The number of nitrogens with zero attached hydrogens (tertiary/aromatic N) is 2. The smallest absolute Gasteiger partial charge is 0.164 e. The van der Waals surface area contributed by atoms with Gasteiger partial charge in [-0.25, -0.2) is 4.68 Å². The highest BCUT2D eigenvalue weighted by atomic mass is 16.5. The van der Waals surface area contributed by atoms with E-state index in [-0.39, 0.29) is 6.04 Å². The lowest BCUT2D eigenvalue weighted by molar-refractivity contribution is 0.226. The lowest BCUT2D eigenvalue weighted by Crippen LogP contribution is -2.38. The van der Waals surface area contributed by atoms with Crippen molar-refractivity contribution < 1.29 is 14.2 Å². The molecule has 2 heterocycles. The molecule has 0 unspecified atom stereocenters. The van der Waals surface area contributed by atoms with Crippen molar-refractivity contribution in [3.05, 3.63) is 66.0 Å². The predicted octanol–water partition coefficient (Wildman–Crippen LogP) is 2.98. The number of nitrogens with one attached hydrogen (secondary N) is 1. The molecule has 0 radical (unpaired) electrons. The molecule has 0 aliphatic carbocycles. The van der Waals surface area contributed by atoms with E-state index in [1.807, 2.05) is 53.5 Å². The van der Waals surface area contributed by atoms with Crippen molar-refractivity contribution in [2.75, 3.05) is 20.8 Å².